The minimum atomic E-state index is -0.372. The van der Waals surface area contributed by atoms with Crippen LogP contribution >= 0.6 is 0 Å². The fraction of sp³-hybridized carbons (Fsp3) is 0.444. The summed E-state index contributed by atoms with van der Waals surface area (Å²) in [5.74, 6) is 0.491. The summed E-state index contributed by atoms with van der Waals surface area (Å²) in [5.41, 5.74) is 8.53. The molecule has 7 heteroatoms. The van der Waals surface area contributed by atoms with E-state index in [9.17, 15) is 9.18 Å². The first-order valence-corrected chi connectivity index (χ1v) is 8.51. The molecule has 1 aromatic heterocycles. The molecular weight excluding hydrogens is 323 g/mol. The number of carbonyl (C=O) groups is 1. The Morgan fingerprint density at radius 1 is 1.36 bits per heavy atom. The van der Waals surface area contributed by atoms with Gasteiger partial charge in [-0.25, -0.2) is 15.2 Å². The molecule has 0 saturated carbocycles. The van der Waals surface area contributed by atoms with Crippen LogP contribution in [0, 0.1) is 19.7 Å². The molecule has 6 nitrogen and oxygen atoms in total. The lowest BCUT2D eigenvalue weighted by Crippen LogP contribution is -2.43. The highest BCUT2D eigenvalue weighted by Gasteiger charge is 2.31. The maximum absolute atomic E-state index is 13.8. The minimum Gasteiger partial charge on any atom is -0.361 e. The van der Waals surface area contributed by atoms with Crippen molar-refractivity contribution in [3.8, 4) is 0 Å². The molecule has 1 fully saturated rings. The van der Waals surface area contributed by atoms with Crippen molar-refractivity contribution in [3.05, 3.63) is 52.7 Å². The van der Waals surface area contributed by atoms with Gasteiger partial charge in [0.25, 0.3) is 0 Å². The normalized spacial score (nSPS) is 20.0. The lowest BCUT2D eigenvalue weighted by molar-refractivity contribution is -0.122. The summed E-state index contributed by atoms with van der Waals surface area (Å²) in [5, 5.41) is 6.85. The molecule has 0 spiro atoms. The van der Waals surface area contributed by atoms with E-state index in [1.54, 1.807) is 18.2 Å². The largest absolute Gasteiger partial charge is 0.361 e. The highest BCUT2D eigenvalue weighted by atomic mass is 19.1. The quantitative estimate of drug-likeness (QED) is 0.698. The van der Waals surface area contributed by atoms with Gasteiger partial charge in [-0.05, 0) is 39.2 Å². The Balaban J connectivity index is 1.44. The van der Waals surface area contributed by atoms with Gasteiger partial charge in [0.05, 0.1) is 11.7 Å². The molecule has 3 N–H and O–H groups in total. The van der Waals surface area contributed by atoms with Crippen molar-refractivity contribution in [2.45, 2.75) is 45.2 Å². The van der Waals surface area contributed by atoms with E-state index in [0.29, 0.717) is 18.5 Å². The van der Waals surface area contributed by atoms with Gasteiger partial charge in [0, 0.05) is 17.7 Å². The van der Waals surface area contributed by atoms with Crippen LogP contribution in [0.3, 0.4) is 0 Å². The molecular formula is C18H23FN4O2. The summed E-state index contributed by atoms with van der Waals surface area (Å²) in [6.07, 6.45) is 2.14. The fourth-order valence-electron chi connectivity index (χ4n) is 3.15. The number of aromatic nitrogens is 1. The number of carbonyl (C=O) groups excluding carboxylic acids is 1. The zero-order chi connectivity index (χ0) is 17.8. The first kappa shape index (κ1) is 17.6. The molecule has 25 heavy (non-hydrogen) atoms. The van der Waals surface area contributed by atoms with Crippen LogP contribution in [-0.4, -0.2) is 23.7 Å². The van der Waals surface area contributed by atoms with Crippen LogP contribution in [0.15, 0.2) is 28.8 Å². The zero-order valence-corrected chi connectivity index (χ0v) is 14.4. The monoisotopic (exact) mass is 346 g/mol. The smallest absolute Gasteiger partial charge is 0.238 e. The number of rotatable bonds is 6. The lowest BCUT2D eigenvalue weighted by atomic mass is 10.0. The molecule has 0 radical (unpaired) electrons. The SMILES string of the molecule is Cc1noc(C)c1CCCNC(=O)C1CC(c2ccccc2F)NN1. The van der Waals surface area contributed by atoms with E-state index in [2.05, 4.69) is 21.3 Å². The van der Waals surface area contributed by atoms with E-state index in [4.69, 9.17) is 4.52 Å². The molecule has 2 heterocycles. The van der Waals surface area contributed by atoms with E-state index < -0.39 is 0 Å². The van der Waals surface area contributed by atoms with Crippen molar-refractivity contribution in [2.75, 3.05) is 6.54 Å². The van der Waals surface area contributed by atoms with E-state index in [1.807, 2.05) is 13.8 Å². The number of hydrogen-bond donors (Lipinski definition) is 3. The van der Waals surface area contributed by atoms with Gasteiger partial charge < -0.3 is 9.84 Å². The fourth-order valence-corrected chi connectivity index (χ4v) is 3.15. The predicted molar refractivity (Wildman–Crippen MR) is 91.1 cm³/mol. The molecule has 1 amide bonds. The number of halogens is 1. The molecule has 0 bridgehead atoms. The second-order valence-electron chi connectivity index (χ2n) is 6.35. The average Bonchev–Trinajstić information content (AvgIpc) is 3.20. The van der Waals surface area contributed by atoms with Crippen LogP contribution in [0.4, 0.5) is 4.39 Å². The second kappa shape index (κ2) is 7.76. The number of nitrogens with one attached hydrogen (secondary N) is 3. The Kier molecular flexibility index (Phi) is 5.45. The summed E-state index contributed by atoms with van der Waals surface area (Å²) < 4.78 is 19.0. The Hall–Kier alpha value is -2.25. The average molecular weight is 346 g/mol. The summed E-state index contributed by atoms with van der Waals surface area (Å²) >= 11 is 0. The third-order valence-electron chi connectivity index (χ3n) is 4.58. The molecule has 1 aliphatic rings. The van der Waals surface area contributed by atoms with Crippen molar-refractivity contribution in [1.82, 2.24) is 21.3 Å². The Morgan fingerprint density at radius 2 is 2.16 bits per heavy atom. The van der Waals surface area contributed by atoms with Crippen LogP contribution in [0.5, 0.6) is 0 Å². The third-order valence-corrected chi connectivity index (χ3v) is 4.58. The number of benzene rings is 1. The summed E-state index contributed by atoms with van der Waals surface area (Å²) in [4.78, 5) is 12.3. The van der Waals surface area contributed by atoms with Gasteiger partial charge in [-0.2, -0.15) is 0 Å². The topological polar surface area (TPSA) is 79.2 Å². The standard InChI is InChI=1S/C18H23FN4O2/c1-11-13(12(2)25-23-11)7-5-9-20-18(24)17-10-16(21-22-17)14-6-3-4-8-15(14)19/h3-4,6,8,16-17,21-22H,5,7,9-10H2,1-2H3,(H,20,24). The van der Waals surface area contributed by atoms with Crippen molar-refractivity contribution in [1.29, 1.82) is 0 Å². The predicted octanol–water partition coefficient (Wildman–Crippen LogP) is 2.09. The molecule has 134 valence electrons. The number of hydrazine groups is 1. The number of aryl methyl sites for hydroxylation is 2. The van der Waals surface area contributed by atoms with Gasteiger partial charge in [-0.15, -0.1) is 0 Å². The zero-order valence-electron chi connectivity index (χ0n) is 14.4. The van der Waals surface area contributed by atoms with Crippen LogP contribution in [0.25, 0.3) is 0 Å². The molecule has 2 atom stereocenters. The molecule has 1 aromatic carbocycles. The highest BCUT2D eigenvalue weighted by molar-refractivity contribution is 5.82. The summed E-state index contributed by atoms with van der Waals surface area (Å²) in [7, 11) is 0. The highest BCUT2D eigenvalue weighted by Crippen LogP contribution is 2.24. The molecule has 1 saturated heterocycles. The molecule has 0 aliphatic carbocycles. The van der Waals surface area contributed by atoms with E-state index in [-0.39, 0.29) is 23.8 Å². The van der Waals surface area contributed by atoms with Gasteiger partial charge in [0.2, 0.25) is 5.91 Å². The van der Waals surface area contributed by atoms with E-state index in [1.165, 1.54) is 6.07 Å². The van der Waals surface area contributed by atoms with Crippen molar-refractivity contribution in [3.63, 3.8) is 0 Å². The number of amides is 1. The Bertz CT molecular complexity index is 727. The lowest BCUT2D eigenvalue weighted by Gasteiger charge is -2.11. The number of hydrogen-bond acceptors (Lipinski definition) is 5. The van der Waals surface area contributed by atoms with E-state index >= 15 is 0 Å². The minimum absolute atomic E-state index is 0.0786. The summed E-state index contributed by atoms with van der Waals surface area (Å²) in [6, 6.07) is 6.03. The first-order valence-electron chi connectivity index (χ1n) is 8.51. The van der Waals surface area contributed by atoms with Crippen LogP contribution in [-0.2, 0) is 11.2 Å². The van der Waals surface area contributed by atoms with Crippen molar-refractivity contribution in [2.24, 2.45) is 0 Å². The van der Waals surface area contributed by atoms with Gasteiger partial charge in [-0.1, -0.05) is 23.4 Å². The molecule has 2 unspecified atom stereocenters. The second-order valence-corrected chi connectivity index (χ2v) is 6.35. The van der Waals surface area contributed by atoms with Crippen molar-refractivity contribution < 1.29 is 13.7 Å². The van der Waals surface area contributed by atoms with Crippen LogP contribution in [0.1, 0.15) is 41.5 Å². The van der Waals surface area contributed by atoms with E-state index in [0.717, 1.165) is 29.9 Å². The molecule has 2 aromatic rings. The first-order chi connectivity index (χ1) is 12.1. The Morgan fingerprint density at radius 3 is 2.88 bits per heavy atom. The molecule has 1 aliphatic heterocycles. The van der Waals surface area contributed by atoms with Gasteiger partial charge in [-0.3, -0.25) is 4.79 Å². The van der Waals surface area contributed by atoms with Crippen LogP contribution in [0.2, 0.25) is 0 Å². The Labute approximate surface area is 146 Å². The third kappa shape index (κ3) is 4.05. The summed E-state index contributed by atoms with van der Waals surface area (Å²) in [6.45, 7) is 4.39. The van der Waals surface area contributed by atoms with Gasteiger partial charge >= 0.3 is 0 Å². The maximum atomic E-state index is 13.8. The van der Waals surface area contributed by atoms with Crippen molar-refractivity contribution >= 4 is 5.91 Å². The van der Waals surface area contributed by atoms with Crippen LogP contribution < -0.4 is 16.2 Å². The number of nitrogens with zero attached hydrogens (tertiary/aromatic N) is 1. The van der Waals surface area contributed by atoms with Gasteiger partial charge in [0.1, 0.15) is 17.6 Å². The maximum Gasteiger partial charge on any atom is 0.238 e. The van der Waals surface area contributed by atoms with Gasteiger partial charge in [0.15, 0.2) is 0 Å². The molecule has 3 rings (SSSR count).